The molecule has 0 saturated carbocycles. The van der Waals surface area contributed by atoms with Gasteiger partial charge in [0.05, 0.1) is 19.4 Å². The highest BCUT2D eigenvalue weighted by atomic mass is 16.6. The van der Waals surface area contributed by atoms with E-state index in [1.165, 1.54) is 0 Å². The van der Waals surface area contributed by atoms with Crippen LogP contribution >= 0.6 is 0 Å². The number of amides is 2. The second-order valence-corrected chi connectivity index (χ2v) is 7.57. The molecule has 1 aromatic heterocycles. The van der Waals surface area contributed by atoms with Gasteiger partial charge in [-0.1, -0.05) is 0 Å². The zero-order valence-electron chi connectivity index (χ0n) is 16.2. The lowest BCUT2D eigenvalue weighted by Gasteiger charge is -2.35. The molecule has 1 aromatic rings. The fourth-order valence-corrected chi connectivity index (χ4v) is 2.95. The molecule has 0 N–H and O–H groups in total. The van der Waals surface area contributed by atoms with E-state index in [0.29, 0.717) is 45.6 Å². The van der Waals surface area contributed by atoms with Crippen LogP contribution in [0.3, 0.4) is 0 Å². The van der Waals surface area contributed by atoms with Crippen molar-refractivity contribution in [1.29, 1.82) is 0 Å². The largest absolute Gasteiger partial charge is 0.467 e. The Bertz CT molecular complexity index is 571. The number of methoxy groups -OCH3 is 1. The predicted molar refractivity (Wildman–Crippen MR) is 96.5 cm³/mol. The van der Waals surface area contributed by atoms with Crippen molar-refractivity contribution in [3.63, 3.8) is 0 Å². The molecule has 0 bridgehead atoms. The van der Waals surface area contributed by atoms with Gasteiger partial charge in [-0.2, -0.15) is 0 Å². The first-order chi connectivity index (χ1) is 12.3. The number of nitrogens with zero attached hydrogens (tertiary/aromatic N) is 2. The molecule has 1 aliphatic heterocycles. The molecule has 0 spiro atoms. The highest BCUT2D eigenvalue weighted by Gasteiger charge is 2.32. The van der Waals surface area contributed by atoms with Crippen LogP contribution in [0, 0.1) is 5.92 Å². The minimum absolute atomic E-state index is 0.0855. The molecule has 2 rings (SSSR count). The van der Waals surface area contributed by atoms with Crippen LogP contribution in [-0.4, -0.2) is 60.8 Å². The molecule has 1 aliphatic rings. The van der Waals surface area contributed by atoms with Crippen molar-refractivity contribution >= 4 is 12.0 Å². The van der Waals surface area contributed by atoms with Gasteiger partial charge in [0.15, 0.2) is 0 Å². The quantitative estimate of drug-likeness (QED) is 0.774. The summed E-state index contributed by atoms with van der Waals surface area (Å²) in [6.45, 7) is 8.04. The van der Waals surface area contributed by atoms with Gasteiger partial charge in [-0.05, 0) is 45.7 Å². The van der Waals surface area contributed by atoms with Crippen LogP contribution in [0.2, 0.25) is 0 Å². The molecule has 0 aromatic carbocycles. The molecule has 0 unspecified atom stereocenters. The Morgan fingerprint density at radius 1 is 1.31 bits per heavy atom. The van der Waals surface area contributed by atoms with E-state index in [9.17, 15) is 9.59 Å². The average Bonchev–Trinajstić information content (AvgIpc) is 3.09. The third-order valence-corrected chi connectivity index (χ3v) is 4.30. The van der Waals surface area contributed by atoms with Crippen LogP contribution in [0.25, 0.3) is 0 Å². The Kier molecular flexibility index (Phi) is 7.08. The molecule has 26 heavy (non-hydrogen) atoms. The highest BCUT2D eigenvalue weighted by Crippen LogP contribution is 2.22. The fraction of sp³-hybridized carbons (Fsp3) is 0.684. The van der Waals surface area contributed by atoms with Gasteiger partial charge in [-0.15, -0.1) is 0 Å². The first-order valence-corrected chi connectivity index (χ1v) is 9.08. The molecule has 2 heterocycles. The van der Waals surface area contributed by atoms with E-state index in [-0.39, 0.29) is 17.9 Å². The van der Waals surface area contributed by atoms with Crippen molar-refractivity contribution in [2.75, 3.05) is 33.4 Å². The number of hydrogen-bond donors (Lipinski definition) is 0. The SMILES string of the molecule is COCCN(Cc1ccco1)C(=O)C1CCN(C(=O)OC(C)(C)C)CC1. The van der Waals surface area contributed by atoms with Gasteiger partial charge in [0.1, 0.15) is 11.4 Å². The third kappa shape index (κ3) is 6.05. The summed E-state index contributed by atoms with van der Waals surface area (Å²) in [5.41, 5.74) is -0.510. The molecule has 1 fully saturated rings. The Labute approximate surface area is 155 Å². The van der Waals surface area contributed by atoms with E-state index in [0.717, 1.165) is 5.76 Å². The Morgan fingerprint density at radius 2 is 2.00 bits per heavy atom. The minimum Gasteiger partial charge on any atom is -0.467 e. The number of rotatable bonds is 6. The van der Waals surface area contributed by atoms with Crippen LogP contribution in [0.15, 0.2) is 22.8 Å². The molecule has 7 heteroatoms. The smallest absolute Gasteiger partial charge is 0.410 e. The molecule has 146 valence electrons. The lowest BCUT2D eigenvalue weighted by Crippen LogP contribution is -2.46. The van der Waals surface area contributed by atoms with E-state index in [1.807, 2.05) is 32.9 Å². The van der Waals surface area contributed by atoms with Crippen molar-refractivity contribution in [2.45, 2.75) is 45.8 Å². The number of carbonyl (C=O) groups is 2. The van der Waals surface area contributed by atoms with Gasteiger partial charge in [-0.25, -0.2) is 4.79 Å². The molecule has 7 nitrogen and oxygen atoms in total. The topological polar surface area (TPSA) is 72.2 Å². The lowest BCUT2D eigenvalue weighted by molar-refractivity contribution is -0.138. The van der Waals surface area contributed by atoms with E-state index in [1.54, 1.807) is 23.2 Å². The van der Waals surface area contributed by atoms with Gasteiger partial charge in [-0.3, -0.25) is 4.79 Å². The van der Waals surface area contributed by atoms with Gasteiger partial charge in [0.2, 0.25) is 5.91 Å². The molecule has 0 radical (unpaired) electrons. The monoisotopic (exact) mass is 366 g/mol. The van der Waals surface area contributed by atoms with Crippen molar-refractivity contribution < 1.29 is 23.5 Å². The highest BCUT2D eigenvalue weighted by molar-refractivity contribution is 5.79. The van der Waals surface area contributed by atoms with Crippen LogP contribution in [0.1, 0.15) is 39.4 Å². The second kappa shape index (κ2) is 9.07. The van der Waals surface area contributed by atoms with Crippen LogP contribution in [-0.2, 0) is 20.8 Å². The molecular weight excluding hydrogens is 336 g/mol. The van der Waals surface area contributed by atoms with Crippen LogP contribution in [0.4, 0.5) is 4.79 Å². The number of carbonyl (C=O) groups excluding carboxylic acids is 2. The first kappa shape index (κ1) is 20.3. The average molecular weight is 366 g/mol. The summed E-state index contributed by atoms with van der Waals surface area (Å²) < 4.78 is 15.9. The molecule has 2 amide bonds. The zero-order chi connectivity index (χ0) is 19.2. The molecule has 1 saturated heterocycles. The van der Waals surface area contributed by atoms with Crippen molar-refractivity contribution in [3.05, 3.63) is 24.2 Å². The second-order valence-electron chi connectivity index (χ2n) is 7.57. The van der Waals surface area contributed by atoms with Gasteiger partial charge < -0.3 is 23.7 Å². The number of furan rings is 1. The maximum atomic E-state index is 12.9. The maximum absolute atomic E-state index is 12.9. The summed E-state index contributed by atoms with van der Waals surface area (Å²) in [6, 6.07) is 3.67. The van der Waals surface area contributed by atoms with E-state index < -0.39 is 5.60 Å². The van der Waals surface area contributed by atoms with Crippen molar-refractivity contribution in [3.8, 4) is 0 Å². The predicted octanol–water partition coefficient (Wildman–Crippen LogP) is 2.90. The van der Waals surface area contributed by atoms with Crippen molar-refractivity contribution in [1.82, 2.24) is 9.80 Å². The Hall–Kier alpha value is -2.02. The lowest BCUT2D eigenvalue weighted by atomic mass is 9.95. The summed E-state index contributed by atoms with van der Waals surface area (Å²) in [5, 5.41) is 0. The normalized spacial score (nSPS) is 15.8. The van der Waals surface area contributed by atoms with Crippen LogP contribution < -0.4 is 0 Å². The molecule has 0 aliphatic carbocycles. The maximum Gasteiger partial charge on any atom is 0.410 e. The summed E-state index contributed by atoms with van der Waals surface area (Å²) in [5.74, 6) is 0.739. The number of piperidine rings is 1. The summed E-state index contributed by atoms with van der Waals surface area (Å²) >= 11 is 0. The van der Waals surface area contributed by atoms with Gasteiger partial charge >= 0.3 is 6.09 Å². The van der Waals surface area contributed by atoms with E-state index in [4.69, 9.17) is 13.9 Å². The van der Waals surface area contributed by atoms with Gasteiger partial charge in [0, 0.05) is 32.7 Å². The molecular formula is C19H30N2O5. The minimum atomic E-state index is -0.510. The fourth-order valence-electron chi connectivity index (χ4n) is 2.95. The number of hydrogen-bond acceptors (Lipinski definition) is 5. The van der Waals surface area contributed by atoms with Crippen LogP contribution in [0.5, 0.6) is 0 Å². The standard InChI is InChI=1S/C19H30N2O5/c1-19(2,3)26-18(23)20-9-7-15(8-10-20)17(22)21(11-13-24-4)14-16-6-5-12-25-16/h5-6,12,15H,7-11,13-14H2,1-4H3. The Balaban J connectivity index is 1.90. The summed E-state index contributed by atoms with van der Waals surface area (Å²) in [7, 11) is 1.62. The van der Waals surface area contributed by atoms with Gasteiger partial charge in [0.25, 0.3) is 0 Å². The Morgan fingerprint density at radius 3 is 2.54 bits per heavy atom. The van der Waals surface area contributed by atoms with Crippen molar-refractivity contribution in [2.24, 2.45) is 5.92 Å². The molecule has 0 atom stereocenters. The first-order valence-electron chi connectivity index (χ1n) is 9.08. The number of ether oxygens (including phenoxy) is 2. The summed E-state index contributed by atoms with van der Waals surface area (Å²) in [4.78, 5) is 28.5. The van der Waals surface area contributed by atoms with E-state index >= 15 is 0 Å². The third-order valence-electron chi connectivity index (χ3n) is 4.30. The van der Waals surface area contributed by atoms with E-state index in [2.05, 4.69) is 0 Å². The zero-order valence-corrected chi connectivity index (χ0v) is 16.2. The summed E-state index contributed by atoms with van der Waals surface area (Å²) in [6.07, 6.45) is 2.57. The number of likely N-dealkylation sites (tertiary alicyclic amines) is 1.